The summed E-state index contributed by atoms with van der Waals surface area (Å²) >= 11 is 11.9. The van der Waals surface area contributed by atoms with Crippen molar-refractivity contribution in [3.8, 4) is 0 Å². The van der Waals surface area contributed by atoms with E-state index >= 15 is 0 Å². The second-order valence-corrected chi connectivity index (χ2v) is 5.06. The van der Waals surface area contributed by atoms with E-state index in [1.807, 2.05) is 6.92 Å². The molecular formula is C14H17Cl2NO3. The van der Waals surface area contributed by atoms with Crippen LogP contribution in [0.1, 0.15) is 18.9 Å². The van der Waals surface area contributed by atoms with Crippen molar-refractivity contribution < 1.29 is 14.3 Å². The summed E-state index contributed by atoms with van der Waals surface area (Å²) in [6, 6.07) is 5.18. The molecule has 0 saturated heterocycles. The monoisotopic (exact) mass is 317 g/mol. The topological polar surface area (TPSA) is 46.6 Å². The summed E-state index contributed by atoms with van der Waals surface area (Å²) in [6.45, 7) is 2.25. The first-order valence-electron chi connectivity index (χ1n) is 6.26. The zero-order chi connectivity index (χ0) is 15.1. The lowest BCUT2D eigenvalue weighted by Crippen LogP contribution is -2.36. The summed E-state index contributed by atoms with van der Waals surface area (Å²) in [6.07, 6.45) is 0.790. The zero-order valence-electron chi connectivity index (χ0n) is 11.5. The predicted octanol–water partition coefficient (Wildman–Crippen LogP) is 2.95. The number of rotatable bonds is 6. The van der Waals surface area contributed by atoms with E-state index < -0.39 is 5.97 Å². The molecule has 0 fully saturated rings. The van der Waals surface area contributed by atoms with Crippen LogP contribution in [0.25, 0.3) is 0 Å². The van der Waals surface area contributed by atoms with Crippen LogP contribution in [0.5, 0.6) is 0 Å². The van der Waals surface area contributed by atoms with Crippen LogP contribution < -0.4 is 0 Å². The maximum absolute atomic E-state index is 12.0. The van der Waals surface area contributed by atoms with Crippen molar-refractivity contribution in [1.82, 2.24) is 4.90 Å². The van der Waals surface area contributed by atoms with Crippen molar-refractivity contribution in [3.63, 3.8) is 0 Å². The molecule has 1 rings (SSSR count). The molecule has 1 aromatic rings. The molecule has 0 atom stereocenters. The van der Waals surface area contributed by atoms with Crippen LogP contribution in [0.15, 0.2) is 18.2 Å². The van der Waals surface area contributed by atoms with Gasteiger partial charge in [0.25, 0.3) is 0 Å². The van der Waals surface area contributed by atoms with Crippen molar-refractivity contribution in [2.24, 2.45) is 0 Å². The normalized spacial score (nSPS) is 10.2. The van der Waals surface area contributed by atoms with Gasteiger partial charge in [0.1, 0.15) is 6.54 Å². The van der Waals surface area contributed by atoms with E-state index in [9.17, 15) is 9.59 Å². The number of halogens is 2. The maximum atomic E-state index is 12.0. The first-order valence-corrected chi connectivity index (χ1v) is 7.02. The number of methoxy groups -OCH3 is 1. The van der Waals surface area contributed by atoms with Crippen molar-refractivity contribution in [1.29, 1.82) is 0 Å². The highest BCUT2D eigenvalue weighted by atomic mass is 35.5. The van der Waals surface area contributed by atoms with Crippen molar-refractivity contribution in [2.45, 2.75) is 19.8 Å². The second-order valence-electron chi connectivity index (χ2n) is 4.22. The van der Waals surface area contributed by atoms with Gasteiger partial charge in [-0.15, -0.1) is 0 Å². The number of likely N-dealkylation sites (N-methyl/N-ethyl adjacent to an activating group) is 1. The summed E-state index contributed by atoms with van der Waals surface area (Å²) in [5, 5.41) is 1.10. The number of esters is 1. The molecule has 0 N–H and O–H groups in total. The Bertz CT molecular complexity index is 491. The summed E-state index contributed by atoms with van der Waals surface area (Å²) in [4.78, 5) is 24.7. The summed E-state index contributed by atoms with van der Waals surface area (Å²) in [5.41, 5.74) is 0.860. The van der Waals surface area contributed by atoms with Crippen LogP contribution in [0, 0.1) is 0 Å². The van der Waals surface area contributed by atoms with Gasteiger partial charge in [0, 0.05) is 23.0 Å². The molecule has 0 spiro atoms. The van der Waals surface area contributed by atoms with Gasteiger partial charge in [-0.2, -0.15) is 0 Å². The van der Waals surface area contributed by atoms with E-state index in [2.05, 4.69) is 4.74 Å². The maximum Gasteiger partial charge on any atom is 0.325 e. The fourth-order valence-electron chi connectivity index (χ4n) is 1.72. The van der Waals surface area contributed by atoms with Gasteiger partial charge in [0.15, 0.2) is 0 Å². The van der Waals surface area contributed by atoms with Crippen LogP contribution in [0.3, 0.4) is 0 Å². The number of benzene rings is 1. The number of carbonyl (C=O) groups excluding carboxylic acids is 2. The molecule has 20 heavy (non-hydrogen) atoms. The molecule has 110 valence electrons. The molecule has 0 bridgehead atoms. The van der Waals surface area contributed by atoms with Gasteiger partial charge in [-0.25, -0.2) is 0 Å². The van der Waals surface area contributed by atoms with Crippen LogP contribution >= 0.6 is 23.2 Å². The Kier molecular flexibility index (Phi) is 6.82. The number of ether oxygens (including phenoxy) is 1. The average Bonchev–Trinajstić information content (AvgIpc) is 2.43. The van der Waals surface area contributed by atoms with Crippen molar-refractivity contribution >= 4 is 35.1 Å². The Morgan fingerprint density at radius 1 is 1.30 bits per heavy atom. The minimum atomic E-state index is -0.426. The molecule has 0 heterocycles. The van der Waals surface area contributed by atoms with Crippen LogP contribution in [0.2, 0.25) is 10.0 Å². The Labute approximate surface area is 128 Å². The van der Waals surface area contributed by atoms with Crippen LogP contribution in [-0.4, -0.2) is 37.0 Å². The molecule has 0 saturated carbocycles. The molecule has 1 amide bonds. The Hall–Kier alpha value is -1.26. The summed E-state index contributed by atoms with van der Waals surface area (Å²) in [5.74, 6) is -0.534. The minimum absolute atomic E-state index is 0.0276. The number of aryl methyl sites for hydroxylation is 1. The highest BCUT2D eigenvalue weighted by Crippen LogP contribution is 2.22. The number of hydrogen-bond acceptors (Lipinski definition) is 3. The van der Waals surface area contributed by atoms with E-state index in [1.165, 1.54) is 12.0 Å². The smallest absolute Gasteiger partial charge is 0.325 e. The molecule has 0 aliphatic heterocycles. The number of amides is 1. The van der Waals surface area contributed by atoms with E-state index in [1.54, 1.807) is 18.2 Å². The molecule has 0 unspecified atom stereocenters. The zero-order valence-corrected chi connectivity index (χ0v) is 13.0. The standard InChI is InChI=1S/C14H17Cl2NO3/c1-3-17(9-14(19)20-2)13(18)7-5-10-4-6-11(15)8-12(10)16/h4,6,8H,3,5,7,9H2,1-2H3. The highest BCUT2D eigenvalue weighted by Gasteiger charge is 2.16. The van der Waals surface area contributed by atoms with E-state index in [0.29, 0.717) is 23.0 Å². The van der Waals surface area contributed by atoms with E-state index in [0.717, 1.165) is 5.56 Å². The van der Waals surface area contributed by atoms with Crippen molar-refractivity contribution in [3.05, 3.63) is 33.8 Å². The lowest BCUT2D eigenvalue weighted by atomic mass is 10.1. The van der Waals surface area contributed by atoms with Gasteiger partial charge in [-0.1, -0.05) is 29.3 Å². The Morgan fingerprint density at radius 2 is 2.00 bits per heavy atom. The quantitative estimate of drug-likeness (QED) is 0.758. The van der Waals surface area contributed by atoms with E-state index in [4.69, 9.17) is 23.2 Å². The van der Waals surface area contributed by atoms with Gasteiger partial charge in [-0.3, -0.25) is 9.59 Å². The Balaban J connectivity index is 2.58. The summed E-state index contributed by atoms with van der Waals surface area (Å²) < 4.78 is 4.56. The van der Waals surface area contributed by atoms with Crippen molar-refractivity contribution in [2.75, 3.05) is 20.2 Å². The number of carbonyl (C=O) groups is 2. The third-order valence-corrected chi connectivity index (χ3v) is 3.49. The van der Waals surface area contributed by atoms with Gasteiger partial charge < -0.3 is 9.64 Å². The summed E-state index contributed by atoms with van der Waals surface area (Å²) in [7, 11) is 1.30. The lowest BCUT2D eigenvalue weighted by Gasteiger charge is -2.19. The molecule has 6 heteroatoms. The molecule has 0 aliphatic rings. The lowest BCUT2D eigenvalue weighted by molar-refractivity contribution is -0.146. The van der Waals surface area contributed by atoms with Gasteiger partial charge >= 0.3 is 5.97 Å². The molecule has 0 aliphatic carbocycles. The fraction of sp³-hybridized carbons (Fsp3) is 0.429. The van der Waals surface area contributed by atoms with E-state index in [-0.39, 0.29) is 18.9 Å². The minimum Gasteiger partial charge on any atom is -0.468 e. The largest absolute Gasteiger partial charge is 0.468 e. The third-order valence-electron chi connectivity index (χ3n) is 2.91. The molecule has 4 nitrogen and oxygen atoms in total. The number of hydrogen-bond donors (Lipinski definition) is 0. The number of nitrogens with zero attached hydrogens (tertiary/aromatic N) is 1. The highest BCUT2D eigenvalue weighted by molar-refractivity contribution is 6.35. The van der Waals surface area contributed by atoms with Gasteiger partial charge in [0.05, 0.1) is 7.11 Å². The van der Waals surface area contributed by atoms with Gasteiger partial charge in [0.2, 0.25) is 5.91 Å². The average molecular weight is 318 g/mol. The van der Waals surface area contributed by atoms with Gasteiger partial charge in [-0.05, 0) is 31.0 Å². The molecule has 0 radical (unpaired) electrons. The Morgan fingerprint density at radius 3 is 2.55 bits per heavy atom. The van der Waals surface area contributed by atoms with Crippen LogP contribution in [-0.2, 0) is 20.7 Å². The first kappa shape index (κ1) is 16.8. The van der Waals surface area contributed by atoms with Crippen LogP contribution in [0.4, 0.5) is 0 Å². The SMILES string of the molecule is CCN(CC(=O)OC)C(=O)CCc1ccc(Cl)cc1Cl. The first-order chi connectivity index (χ1) is 9.47. The molecule has 0 aromatic heterocycles. The molecular weight excluding hydrogens is 301 g/mol. The second kappa shape index (κ2) is 8.12. The fourth-order valence-corrected chi connectivity index (χ4v) is 2.22. The predicted molar refractivity (Wildman–Crippen MR) is 79.1 cm³/mol. The molecule has 1 aromatic carbocycles. The third kappa shape index (κ3) is 5.02.